The zero-order valence-electron chi connectivity index (χ0n) is 11.5. The second kappa shape index (κ2) is 6.52. The van der Waals surface area contributed by atoms with Crippen molar-refractivity contribution in [1.82, 2.24) is 4.90 Å². The Morgan fingerprint density at radius 1 is 1.40 bits per heavy atom. The van der Waals surface area contributed by atoms with Gasteiger partial charge in [0.05, 0.1) is 6.61 Å². The molecule has 1 aromatic carbocycles. The molecule has 0 bridgehead atoms. The molecule has 1 aromatic rings. The molecule has 1 unspecified atom stereocenters. The molecule has 5 heteroatoms. The van der Waals surface area contributed by atoms with Crippen molar-refractivity contribution in [2.45, 2.75) is 19.4 Å². The number of aliphatic carboxylic acids is 1. The van der Waals surface area contributed by atoms with Crippen LogP contribution < -0.4 is 0 Å². The van der Waals surface area contributed by atoms with E-state index in [1.54, 1.807) is 18.1 Å². The van der Waals surface area contributed by atoms with Gasteiger partial charge >= 0.3 is 5.97 Å². The van der Waals surface area contributed by atoms with Gasteiger partial charge in [-0.3, -0.25) is 9.59 Å². The van der Waals surface area contributed by atoms with Gasteiger partial charge in [-0.1, -0.05) is 18.2 Å². The second-order valence-electron chi connectivity index (χ2n) is 5.09. The van der Waals surface area contributed by atoms with E-state index in [9.17, 15) is 9.59 Å². The molecular weight excluding hydrogens is 258 g/mol. The first-order valence-corrected chi connectivity index (χ1v) is 6.69. The van der Waals surface area contributed by atoms with E-state index in [1.807, 2.05) is 18.2 Å². The van der Waals surface area contributed by atoms with Crippen LogP contribution in [0.2, 0.25) is 0 Å². The molecule has 1 heterocycles. The maximum Gasteiger partial charge on any atom is 0.303 e. The zero-order chi connectivity index (χ0) is 14.5. The first kappa shape index (κ1) is 14.5. The summed E-state index contributed by atoms with van der Waals surface area (Å²) in [4.78, 5) is 25.0. The van der Waals surface area contributed by atoms with Gasteiger partial charge in [0.15, 0.2) is 0 Å². The molecule has 0 aromatic heterocycles. The number of nitrogens with zero attached hydrogens (tertiary/aromatic N) is 1. The van der Waals surface area contributed by atoms with Crippen LogP contribution in [0, 0.1) is 5.92 Å². The summed E-state index contributed by atoms with van der Waals surface area (Å²) in [5.41, 5.74) is 1.51. The van der Waals surface area contributed by atoms with E-state index in [2.05, 4.69) is 0 Å². The fourth-order valence-electron chi connectivity index (χ4n) is 2.61. The Labute approximate surface area is 118 Å². The molecule has 0 radical (unpaired) electrons. The first-order chi connectivity index (χ1) is 9.61. The number of benzene rings is 1. The van der Waals surface area contributed by atoms with E-state index < -0.39 is 5.97 Å². The number of carboxylic acids is 1. The predicted molar refractivity (Wildman–Crippen MR) is 73.4 cm³/mol. The van der Waals surface area contributed by atoms with Crippen LogP contribution in [0.25, 0.3) is 0 Å². The minimum Gasteiger partial charge on any atom is -0.481 e. The highest BCUT2D eigenvalue weighted by Gasteiger charge is 2.29. The lowest BCUT2D eigenvalue weighted by Gasteiger charge is -2.18. The molecule has 1 N–H and O–H groups in total. The van der Waals surface area contributed by atoms with Crippen molar-refractivity contribution in [1.29, 1.82) is 0 Å². The number of carbonyl (C=O) groups is 2. The van der Waals surface area contributed by atoms with Crippen LogP contribution in [-0.2, 0) is 16.1 Å². The zero-order valence-corrected chi connectivity index (χ0v) is 11.5. The third-order valence-electron chi connectivity index (χ3n) is 3.58. The summed E-state index contributed by atoms with van der Waals surface area (Å²) in [6, 6.07) is 7.38. The van der Waals surface area contributed by atoms with Crippen molar-refractivity contribution in [2.24, 2.45) is 5.92 Å². The molecule has 108 valence electrons. The molecule has 1 aliphatic rings. The lowest BCUT2D eigenvalue weighted by molar-refractivity contribution is -0.138. The number of rotatable bonds is 5. The Morgan fingerprint density at radius 2 is 2.15 bits per heavy atom. The normalized spacial score (nSPS) is 18.2. The molecule has 0 spiro atoms. The lowest BCUT2D eigenvalue weighted by Crippen LogP contribution is -2.29. The number of methoxy groups -OCH3 is 1. The molecule has 1 amide bonds. The fourth-order valence-corrected chi connectivity index (χ4v) is 2.61. The summed E-state index contributed by atoms with van der Waals surface area (Å²) in [7, 11) is 1.60. The topological polar surface area (TPSA) is 66.8 Å². The third-order valence-corrected chi connectivity index (χ3v) is 3.58. The molecule has 0 aliphatic carbocycles. The SMILES string of the molecule is COCc1ccccc1C(=O)N1CCC(CC(=O)O)C1. The maximum absolute atomic E-state index is 12.5. The van der Waals surface area contributed by atoms with Crippen molar-refractivity contribution in [2.75, 3.05) is 20.2 Å². The average Bonchev–Trinajstić information content (AvgIpc) is 2.86. The highest BCUT2D eigenvalue weighted by atomic mass is 16.5. The second-order valence-corrected chi connectivity index (χ2v) is 5.09. The van der Waals surface area contributed by atoms with Gasteiger partial charge in [0.25, 0.3) is 5.91 Å². The average molecular weight is 277 g/mol. The Morgan fingerprint density at radius 3 is 2.85 bits per heavy atom. The molecular formula is C15H19NO4. The minimum absolute atomic E-state index is 0.0365. The van der Waals surface area contributed by atoms with Gasteiger partial charge in [0.2, 0.25) is 0 Å². The molecule has 2 rings (SSSR count). The largest absolute Gasteiger partial charge is 0.481 e. The van der Waals surface area contributed by atoms with Crippen LogP contribution in [0.15, 0.2) is 24.3 Å². The van der Waals surface area contributed by atoms with Crippen LogP contribution in [0.5, 0.6) is 0 Å². The summed E-state index contributed by atoms with van der Waals surface area (Å²) in [6.45, 7) is 1.54. The molecule has 20 heavy (non-hydrogen) atoms. The van der Waals surface area contributed by atoms with E-state index in [1.165, 1.54) is 0 Å². The van der Waals surface area contributed by atoms with E-state index in [0.29, 0.717) is 25.3 Å². The van der Waals surface area contributed by atoms with Crippen LogP contribution in [-0.4, -0.2) is 42.1 Å². The molecule has 1 atom stereocenters. The van der Waals surface area contributed by atoms with E-state index >= 15 is 0 Å². The Bertz CT molecular complexity index is 500. The van der Waals surface area contributed by atoms with Crippen molar-refractivity contribution < 1.29 is 19.4 Å². The van der Waals surface area contributed by atoms with Gasteiger partial charge in [0, 0.05) is 32.2 Å². The van der Waals surface area contributed by atoms with Gasteiger partial charge in [-0.25, -0.2) is 0 Å². The fraction of sp³-hybridized carbons (Fsp3) is 0.467. The molecule has 1 fully saturated rings. The van der Waals surface area contributed by atoms with Gasteiger partial charge in [-0.05, 0) is 24.0 Å². The number of amides is 1. The molecule has 1 saturated heterocycles. The number of carbonyl (C=O) groups excluding carboxylic acids is 1. The number of hydrogen-bond donors (Lipinski definition) is 1. The predicted octanol–water partition coefficient (Wildman–Crippen LogP) is 1.77. The standard InChI is InChI=1S/C15H19NO4/c1-20-10-12-4-2-3-5-13(12)15(19)16-7-6-11(9-16)8-14(17)18/h2-5,11H,6-10H2,1H3,(H,17,18). The molecule has 5 nitrogen and oxygen atoms in total. The Kier molecular flexibility index (Phi) is 4.74. The van der Waals surface area contributed by atoms with Gasteiger partial charge < -0.3 is 14.7 Å². The van der Waals surface area contributed by atoms with Crippen molar-refractivity contribution >= 4 is 11.9 Å². The summed E-state index contributed by atoms with van der Waals surface area (Å²) in [5.74, 6) is -0.777. The molecule has 1 aliphatic heterocycles. The summed E-state index contributed by atoms with van der Waals surface area (Å²) in [6.07, 6.45) is 0.883. The van der Waals surface area contributed by atoms with Crippen LogP contribution in [0.3, 0.4) is 0 Å². The first-order valence-electron chi connectivity index (χ1n) is 6.69. The highest BCUT2D eigenvalue weighted by Crippen LogP contribution is 2.22. The van der Waals surface area contributed by atoms with E-state index in [4.69, 9.17) is 9.84 Å². The van der Waals surface area contributed by atoms with Crippen molar-refractivity contribution in [3.05, 3.63) is 35.4 Å². The Hall–Kier alpha value is -1.88. The summed E-state index contributed by atoms with van der Waals surface area (Å²) in [5, 5.41) is 8.81. The van der Waals surface area contributed by atoms with Crippen LogP contribution >= 0.6 is 0 Å². The van der Waals surface area contributed by atoms with Crippen molar-refractivity contribution in [3.8, 4) is 0 Å². The minimum atomic E-state index is -0.802. The third kappa shape index (κ3) is 3.36. The summed E-state index contributed by atoms with van der Waals surface area (Å²) >= 11 is 0. The highest BCUT2D eigenvalue weighted by molar-refractivity contribution is 5.95. The number of likely N-dealkylation sites (tertiary alicyclic amines) is 1. The van der Waals surface area contributed by atoms with Gasteiger partial charge in [-0.15, -0.1) is 0 Å². The van der Waals surface area contributed by atoms with Crippen LogP contribution in [0.4, 0.5) is 0 Å². The molecule has 0 saturated carbocycles. The van der Waals surface area contributed by atoms with Crippen molar-refractivity contribution in [3.63, 3.8) is 0 Å². The quantitative estimate of drug-likeness (QED) is 0.890. The smallest absolute Gasteiger partial charge is 0.303 e. The number of hydrogen-bond acceptors (Lipinski definition) is 3. The van der Waals surface area contributed by atoms with Gasteiger partial charge in [0.1, 0.15) is 0 Å². The van der Waals surface area contributed by atoms with Gasteiger partial charge in [-0.2, -0.15) is 0 Å². The summed E-state index contributed by atoms with van der Waals surface area (Å²) < 4.78 is 5.11. The number of ether oxygens (including phenoxy) is 1. The number of carboxylic acid groups (broad SMARTS) is 1. The monoisotopic (exact) mass is 277 g/mol. The van der Waals surface area contributed by atoms with Crippen LogP contribution in [0.1, 0.15) is 28.8 Å². The Balaban J connectivity index is 2.07. The van der Waals surface area contributed by atoms with E-state index in [0.717, 1.165) is 12.0 Å². The van der Waals surface area contributed by atoms with E-state index in [-0.39, 0.29) is 18.2 Å². The lowest BCUT2D eigenvalue weighted by atomic mass is 10.1. The maximum atomic E-state index is 12.5.